The van der Waals surface area contributed by atoms with Gasteiger partial charge in [-0.15, -0.1) is 0 Å². The molecule has 128 valence electrons. The Labute approximate surface area is 141 Å². The molecule has 0 N–H and O–H groups in total. The number of rotatable bonds is 5. The van der Waals surface area contributed by atoms with Crippen LogP contribution in [0.5, 0.6) is 5.75 Å². The highest BCUT2D eigenvalue weighted by molar-refractivity contribution is 7.90. The SMILES string of the molecule is O=S(=O)(C1CC1)N1Cc2nccn2C[C@@H](COc2cccnc2)C1. The van der Waals surface area contributed by atoms with Crippen LogP contribution in [0.4, 0.5) is 0 Å². The van der Waals surface area contributed by atoms with Gasteiger partial charge in [-0.1, -0.05) is 0 Å². The topological polar surface area (TPSA) is 77.3 Å². The summed E-state index contributed by atoms with van der Waals surface area (Å²) in [6.45, 7) is 1.95. The maximum absolute atomic E-state index is 12.7. The standard InChI is InChI=1S/C16H20N4O3S/c21-24(22,15-3-4-15)20-10-13(9-19-7-6-18-16(19)11-20)12-23-14-2-1-5-17-8-14/h1-2,5-8,13,15H,3-4,9-12H2/t13-/m1/s1. The molecular weight excluding hydrogens is 328 g/mol. The van der Waals surface area contributed by atoms with E-state index >= 15 is 0 Å². The predicted octanol–water partition coefficient (Wildman–Crippen LogP) is 1.28. The van der Waals surface area contributed by atoms with Crippen molar-refractivity contribution in [1.82, 2.24) is 18.8 Å². The maximum atomic E-state index is 12.7. The van der Waals surface area contributed by atoms with E-state index in [0.717, 1.165) is 18.7 Å². The average molecular weight is 348 g/mol. The molecule has 0 spiro atoms. The van der Waals surface area contributed by atoms with Gasteiger partial charge < -0.3 is 9.30 Å². The number of hydrogen-bond acceptors (Lipinski definition) is 5. The van der Waals surface area contributed by atoms with E-state index in [9.17, 15) is 8.42 Å². The second kappa shape index (κ2) is 6.18. The Morgan fingerprint density at radius 2 is 2.12 bits per heavy atom. The van der Waals surface area contributed by atoms with Gasteiger partial charge in [-0.2, -0.15) is 4.31 Å². The molecule has 1 fully saturated rings. The highest BCUT2D eigenvalue weighted by Gasteiger charge is 2.42. The molecule has 2 aromatic heterocycles. The van der Waals surface area contributed by atoms with Crippen LogP contribution >= 0.6 is 0 Å². The number of imidazole rings is 1. The molecule has 8 heteroatoms. The fourth-order valence-corrected chi connectivity index (χ4v) is 4.89. The van der Waals surface area contributed by atoms with Gasteiger partial charge >= 0.3 is 0 Å². The molecule has 0 unspecified atom stereocenters. The lowest BCUT2D eigenvalue weighted by Crippen LogP contribution is -2.37. The summed E-state index contributed by atoms with van der Waals surface area (Å²) < 4.78 is 34.8. The van der Waals surface area contributed by atoms with Gasteiger partial charge in [0.1, 0.15) is 11.6 Å². The Balaban J connectivity index is 1.53. The van der Waals surface area contributed by atoms with Gasteiger partial charge in [0, 0.05) is 37.6 Å². The molecule has 0 amide bonds. The molecule has 1 atom stereocenters. The molecule has 24 heavy (non-hydrogen) atoms. The molecule has 1 aliphatic heterocycles. The third kappa shape index (κ3) is 3.16. The molecule has 3 heterocycles. The molecule has 1 saturated carbocycles. The fraction of sp³-hybridized carbons (Fsp3) is 0.500. The minimum absolute atomic E-state index is 0.0641. The zero-order chi connectivity index (χ0) is 16.6. The number of sulfonamides is 1. The lowest BCUT2D eigenvalue weighted by molar-refractivity contribution is 0.211. The van der Waals surface area contributed by atoms with Gasteiger partial charge in [-0.3, -0.25) is 4.98 Å². The molecule has 7 nitrogen and oxygen atoms in total. The summed E-state index contributed by atoms with van der Waals surface area (Å²) in [4.78, 5) is 8.35. The number of aromatic nitrogens is 3. The van der Waals surface area contributed by atoms with Crippen LogP contribution in [0.2, 0.25) is 0 Å². The minimum atomic E-state index is -3.24. The van der Waals surface area contributed by atoms with Gasteiger partial charge in [-0.25, -0.2) is 13.4 Å². The van der Waals surface area contributed by atoms with Crippen LogP contribution in [0, 0.1) is 5.92 Å². The van der Waals surface area contributed by atoms with Crippen LogP contribution in [0.3, 0.4) is 0 Å². The summed E-state index contributed by atoms with van der Waals surface area (Å²) in [6.07, 6.45) is 8.52. The molecule has 1 aliphatic carbocycles. The first-order valence-electron chi connectivity index (χ1n) is 8.15. The van der Waals surface area contributed by atoms with E-state index in [2.05, 4.69) is 9.97 Å². The zero-order valence-corrected chi connectivity index (χ0v) is 14.1. The number of hydrogen-bond donors (Lipinski definition) is 0. The monoisotopic (exact) mass is 348 g/mol. The highest BCUT2D eigenvalue weighted by Crippen LogP contribution is 2.33. The second-order valence-corrected chi connectivity index (χ2v) is 8.61. The quantitative estimate of drug-likeness (QED) is 0.813. The number of ether oxygens (including phenoxy) is 1. The normalized spacial score (nSPS) is 21.9. The Morgan fingerprint density at radius 3 is 2.88 bits per heavy atom. The Hall–Kier alpha value is -1.93. The van der Waals surface area contributed by atoms with Gasteiger partial charge in [-0.05, 0) is 25.0 Å². The van der Waals surface area contributed by atoms with E-state index < -0.39 is 10.0 Å². The van der Waals surface area contributed by atoms with Gasteiger partial charge in [0.2, 0.25) is 10.0 Å². The molecule has 4 rings (SSSR count). The van der Waals surface area contributed by atoms with Crippen LogP contribution in [0.15, 0.2) is 36.9 Å². The van der Waals surface area contributed by atoms with E-state index in [1.165, 1.54) is 0 Å². The molecule has 0 saturated heterocycles. The first kappa shape index (κ1) is 15.6. The van der Waals surface area contributed by atoms with E-state index in [-0.39, 0.29) is 11.2 Å². The first-order chi connectivity index (χ1) is 11.6. The van der Waals surface area contributed by atoms with Crippen molar-refractivity contribution < 1.29 is 13.2 Å². The van der Waals surface area contributed by atoms with Gasteiger partial charge in [0.15, 0.2) is 0 Å². The van der Waals surface area contributed by atoms with Crippen molar-refractivity contribution in [2.24, 2.45) is 5.92 Å². The average Bonchev–Trinajstić information content (AvgIpc) is 3.38. The third-order valence-corrected chi connectivity index (χ3v) is 6.77. The van der Waals surface area contributed by atoms with Crippen molar-refractivity contribution in [3.63, 3.8) is 0 Å². The highest BCUT2D eigenvalue weighted by atomic mass is 32.2. The molecule has 0 aromatic carbocycles. The zero-order valence-electron chi connectivity index (χ0n) is 13.3. The third-order valence-electron chi connectivity index (χ3n) is 4.46. The lowest BCUT2D eigenvalue weighted by Gasteiger charge is -2.23. The number of nitrogens with zero attached hydrogens (tertiary/aromatic N) is 4. The lowest BCUT2D eigenvalue weighted by atomic mass is 10.1. The Bertz CT molecular complexity index is 802. The summed E-state index contributed by atoms with van der Waals surface area (Å²) >= 11 is 0. The van der Waals surface area contributed by atoms with Crippen molar-refractivity contribution in [3.05, 3.63) is 42.7 Å². The van der Waals surface area contributed by atoms with E-state index in [1.807, 2.05) is 22.9 Å². The van der Waals surface area contributed by atoms with E-state index in [0.29, 0.717) is 32.0 Å². The van der Waals surface area contributed by atoms with Gasteiger partial charge in [0.25, 0.3) is 0 Å². The fourth-order valence-electron chi connectivity index (χ4n) is 3.03. The van der Waals surface area contributed by atoms with Gasteiger partial charge in [0.05, 0.1) is 24.6 Å². The summed E-state index contributed by atoms with van der Waals surface area (Å²) in [5.74, 6) is 1.56. The van der Waals surface area contributed by atoms with E-state index in [4.69, 9.17) is 4.74 Å². The van der Waals surface area contributed by atoms with Crippen molar-refractivity contribution in [2.45, 2.75) is 31.2 Å². The van der Waals surface area contributed by atoms with Crippen LogP contribution in [0.1, 0.15) is 18.7 Å². The van der Waals surface area contributed by atoms with Crippen molar-refractivity contribution in [3.8, 4) is 5.75 Å². The number of pyridine rings is 1. The van der Waals surface area contributed by atoms with Crippen LogP contribution in [-0.2, 0) is 23.1 Å². The van der Waals surface area contributed by atoms with Crippen molar-refractivity contribution in [2.75, 3.05) is 13.2 Å². The molecule has 2 aromatic rings. The molecule has 2 aliphatic rings. The van der Waals surface area contributed by atoms with Crippen LogP contribution in [-0.4, -0.2) is 45.7 Å². The van der Waals surface area contributed by atoms with Crippen molar-refractivity contribution in [1.29, 1.82) is 0 Å². The summed E-state index contributed by atoms with van der Waals surface area (Å²) in [7, 11) is -3.24. The number of fused-ring (bicyclic) bond motifs is 1. The molecule has 0 bridgehead atoms. The molecular formula is C16H20N4O3S. The van der Waals surface area contributed by atoms with Crippen molar-refractivity contribution >= 4 is 10.0 Å². The summed E-state index contributed by atoms with van der Waals surface area (Å²) in [5, 5.41) is -0.209. The van der Waals surface area contributed by atoms with Crippen LogP contribution < -0.4 is 4.74 Å². The predicted molar refractivity (Wildman–Crippen MR) is 87.8 cm³/mol. The Kier molecular flexibility index (Phi) is 4.01. The molecule has 0 radical (unpaired) electrons. The van der Waals surface area contributed by atoms with Crippen LogP contribution in [0.25, 0.3) is 0 Å². The minimum Gasteiger partial charge on any atom is -0.492 e. The second-order valence-electron chi connectivity index (χ2n) is 6.40. The maximum Gasteiger partial charge on any atom is 0.217 e. The largest absolute Gasteiger partial charge is 0.492 e. The summed E-state index contributed by atoms with van der Waals surface area (Å²) in [6, 6.07) is 3.67. The Morgan fingerprint density at radius 1 is 1.25 bits per heavy atom. The van der Waals surface area contributed by atoms with E-state index in [1.54, 1.807) is 22.9 Å². The summed E-state index contributed by atoms with van der Waals surface area (Å²) in [5.41, 5.74) is 0. The first-order valence-corrected chi connectivity index (χ1v) is 9.65. The smallest absolute Gasteiger partial charge is 0.217 e.